The first-order chi connectivity index (χ1) is 13.7. The van der Waals surface area contributed by atoms with Crippen LogP contribution in [0.25, 0.3) is 16.8 Å². The number of imidazole rings is 1. The van der Waals surface area contributed by atoms with E-state index >= 15 is 0 Å². The summed E-state index contributed by atoms with van der Waals surface area (Å²) in [5, 5.41) is 9.00. The number of aryl methyl sites for hydroxylation is 2. The number of rotatable bonds is 6. The first-order valence-electron chi connectivity index (χ1n) is 9.33. The van der Waals surface area contributed by atoms with Gasteiger partial charge in [0.2, 0.25) is 0 Å². The molecule has 0 saturated heterocycles. The highest BCUT2D eigenvalue weighted by Crippen LogP contribution is 2.25. The predicted molar refractivity (Wildman–Crippen MR) is 116 cm³/mol. The number of nitrogens with zero attached hydrogens (tertiary/aromatic N) is 3. The van der Waals surface area contributed by atoms with Crippen LogP contribution in [0.2, 0.25) is 0 Å². The Morgan fingerprint density at radius 1 is 1.04 bits per heavy atom. The van der Waals surface area contributed by atoms with Crippen LogP contribution in [0, 0.1) is 18.3 Å². The molecule has 4 heteroatoms. The Morgan fingerprint density at radius 3 is 2.57 bits per heavy atom. The smallest absolute Gasteiger partial charge is 0.139 e. The van der Waals surface area contributed by atoms with E-state index in [4.69, 9.17) is 5.26 Å². The number of benzene rings is 2. The van der Waals surface area contributed by atoms with Crippen LogP contribution < -0.4 is 0 Å². The molecule has 0 fully saturated rings. The third-order valence-corrected chi connectivity index (χ3v) is 5.83. The lowest BCUT2D eigenvalue weighted by molar-refractivity contribution is 1.08. The van der Waals surface area contributed by atoms with E-state index in [9.17, 15) is 0 Å². The Balaban J connectivity index is 1.52. The number of nitriles is 1. The van der Waals surface area contributed by atoms with Crippen molar-refractivity contribution >= 4 is 17.4 Å². The summed E-state index contributed by atoms with van der Waals surface area (Å²) < 4.78 is 2.21. The molecule has 4 rings (SSSR count). The lowest BCUT2D eigenvalue weighted by atomic mass is 10.0. The van der Waals surface area contributed by atoms with Gasteiger partial charge in [0.25, 0.3) is 0 Å². The molecule has 0 aliphatic rings. The quantitative estimate of drug-likeness (QED) is 0.404. The number of pyridine rings is 1. The molecule has 0 amide bonds. The van der Waals surface area contributed by atoms with E-state index in [2.05, 4.69) is 65.0 Å². The van der Waals surface area contributed by atoms with Crippen molar-refractivity contribution in [3.8, 4) is 17.2 Å². The summed E-state index contributed by atoms with van der Waals surface area (Å²) >= 11 is 1.94. The number of hydrogen-bond donors (Lipinski definition) is 0. The summed E-state index contributed by atoms with van der Waals surface area (Å²) in [4.78, 5) is 4.62. The third-order valence-electron chi connectivity index (χ3n) is 4.84. The fourth-order valence-electron chi connectivity index (χ4n) is 3.32. The molecule has 0 unspecified atom stereocenters. The molecule has 4 aromatic rings. The molecule has 138 valence electrons. The highest BCUT2D eigenvalue weighted by Gasteiger charge is 2.09. The molecular formula is C24H21N3S. The first kappa shape index (κ1) is 18.3. The number of aromatic nitrogens is 2. The summed E-state index contributed by atoms with van der Waals surface area (Å²) in [6.07, 6.45) is 5.22. The van der Waals surface area contributed by atoms with Gasteiger partial charge in [0.05, 0.1) is 23.5 Å². The second kappa shape index (κ2) is 8.33. The number of fused-ring (bicyclic) bond motifs is 1. The van der Waals surface area contributed by atoms with E-state index in [0.29, 0.717) is 5.56 Å². The van der Waals surface area contributed by atoms with Gasteiger partial charge < -0.3 is 4.40 Å². The lowest BCUT2D eigenvalue weighted by Gasteiger charge is -2.08. The third kappa shape index (κ3) is 3.95. The van der Waals surface area contributed by atoms with Gasteiger partial charge in [-0.2, -0.15) is 17.0 Å². The van der Waals surface area contributed by atoms with Crippen molar-refractivity contribution in [2.45, 2.75) is 19.1 Å². The van der Waals surface area contributed by atoms with E-state index in [0.717, 1.165) is 40.3 Å². The van der Waals surface area contributed by atoms with Crippen molar-refractivity contribution in [2.75, 3.05) is 5.75 Å². The average Bonchev–Trinajstić information content (AvgIpc) is 3.15. The second-order valence-electron chi connectivity index (χ2n) is 6.83. The summed E-state index contributed by atoms with van der Waals surface area (Å²) in [7, 11) is 0. The van der Waals surface area contributed by atoms with E-state index < -0.39 is 0 Å². The van der Waals surface area contributed by atoms with Gasteiger partial charge in [0, 0.05) is 11.9 Å². The van der Waals surface area contributed by atoms with Gasteiger partial charge in [-0.3, -0.25) is 0 Å². The SMILES string of the molecule is Cc1cc(-c2ccc(C#N)cc2)cn2c(CSCCc3ccccc3)cnc12. The van der Waals surface area contributed by atoms with Crippen LogP contribution in [-0.2, 0) is 12.2 Å². The standard InChI is InChI=1S/C24H21N3S/c1-18-13-22(21-9-7-20(14-25)8-10-21)16-27-23(15-26-24(18)27)17-28-12-11-19-5-3-2-4-6-19/h2-10,13,15-16H,11-12,17H2,1H3. The summed E-state index contributed by atoms with van der Waals surface area (Å²) in [5.41, 5.74) is 7.69. The van der Waals surface area contributed by atoms with Crippen molar-refractivity contribution in [1.29, 1.82) is 5.26 Å². The van der Waals surface area contributed by atoms with Crippen LogP contribution in [0.15, 0.2) is 73.1 Å². The van der Waals surface area contributed by atoms with Crippen LogP contribution in [0.5, 0.6) is 0 Å². The first-order valence-corrected chi connectivity index (χ1v) is 10.5. The van der Waals surface area contributed by atoms with Crippen LogP contribution in [0.3, 0.4) is 0 Å². The molecule has 0 radical (unpaired) electrons. The Morgan fingerprint density at radius 2 is 1.82 bits per heavy atom. The maximum Gasteiger partial charge on any atom is 0.139 e. The molecule has 0 saturated carbocycles. The van der Waals surface area contributed by atoms with Crippen molar-refractivity contribution in [2.24, 2.45) is 0 Å². The molecular weight excluding hydrogens is 362 g/mol. The maximum absolute atomic E-state index is 9.00. The Bertz CT molecular complexity index is 1120. The van der Waals surface area contributed by atoms with Gasteiger partial charge in [-0.05, 0) is 59.6 Å². The normalized spacial score (nSPS) is 10.9. The summed E-state index contributed by atoms with van der Waals surface area (Å²) in [6.45, 7) is 2.10. The van der Waals surface area contributed by atoms with Gasteiger partial charge in [0.1, 0.15) is 5.65 Å². The van der Waals surface area contributed by atoms with E-state index in [1.807, 2.05) is 42.2 Å². The zero-order valence-corrected chi connectivity index (χ0v) is 16.6. The average molecular weight is 384 g/mol. The molecule has 0 aliphatic carbocycles. The van der Waals surface area contributed by atoms with Crippen molar-refractivity contribution in [3.05, 3.63) is 95.4 Å². The lowest BCUT2D eigenvalue weighted by Crippen LogP contribution is -1.96. The molecule has 3 nitrogen and oxygen atoms in total. The summed E-state index contributed by atoms with van der Waals surface area (Å²) in [6, 6.07) is 22.7. The second-order valence-corrected chi connectivity index (χ2v) is 7.94. The van der Waals surface area contributed by atoms with Crippen molar-refractivity contribution < 1.29 is 0 Å². The maximum atomic E-state index is 9.00. The molecule has 0 atom stereocenters. The highest BCUT2D eigenvalue weighted by atomic mass is 32.2. The fraction of sp³-hybridized carbons (Fsp3) is 0.167. The Kier molecular flexibility index (Phi) is 5.45. The van der Waals surface area contributed by atoms with Gasteiger partial charge >= 0.3 is 0 Å². The van der Waals surface area contributed by atoms with Crippen molar-refractivity contribution in [1.82, 2.24) is 9.38 Å². The number of thioether (sulfide) groups is 1. The number of hydrogen-bond acceptors (Lipinski definition) is 3. The molecule has 0 bridgehead atoms. The minimum atomic E-state index is 0.680. The van der Waals surface area contributed by atoms with E-state index in [1.54, 1.807) is 0 Å². The largest absolute Gasteiger partial charge is 0.302 e. The van der Waals surface area contributed by atoms with Crippen LogP contribution in [0.1, 0.15) is 22.4 Å². The fourth-order valence-corrected chi connectivity index (χ4v) is 4.27. The zero-order valence-electron chi connectivity index (χ0n) is 15.8. The molecule has 0 spiro atoms. The predicted octanol–water partition coefficient (Wildman–Crippen LogP) is 5.66. The molecule has 0 aliphatic heterocycles. The monoisotopic (exact) mass is 383 g/mol. The van der Waals surface area contributed by atoms with Crippen LogP contribution >= 0.6 is 11.8 Å². The Labute approximate surface area is 169 Å². The topological polar surface area (TPSA) is 41.1 Å². The van der Waals surface area contributed by atoms with Gasteiger partial charge in [-0.15, -0.1) is 0 Å². The zero-order chi connectivity index (χ0) is 19.3. The van der Waals surface area contributed by atoms with Crippen LogP contribution in [0.4, 0.5) is 0 Å². The highest BCUT2D eigenvalue weighted by molar-refractivity contribution is 7.98. The molecule has 2 heterocycles. The van der Waals surface area contributed by atoms with E-state index in [1.165, 1.54) is 11.3 Å². The summed E-state index contributed by atoms with van der Waals surface area (Å²) in [5.74, 6) is 2.02. The molecule has 2 aromatic carbocycles. The van der Waals surface area contributed by atoms with Crippen LogP contribution in [-0.4, -0.2) is 15.1 Å². The minimum absolute atomic E-state index is 0.680. The molecule has 28 heavy (non-hydrogen) atoms. The Hall–Kier alpha value is -3.03. The van der Waals surface area contributed by atoms with Gasteiger partial charge in [-0.1, -0.05) is 42.5 Å². The van der Waals surface area contributed by atoms with Gasteiger partial charge in [0.15, 0.2) is 0 Å². The van der Waals surface area contributed by atoms with Crippen molar-refractivity contribution in [3.63, 3.8) is 0 Å². The minimum Gasteiger partial charge on any atom is -0.302 e. The van der Waals surface area contributed by atoms with E-state index in [-0.39, 0.29) is 0 Å². The molecule has 2 aromatic heterocycles. The van der Waals surface area contributed by atoms with Gasteiger partial charge in [-0.25, -0.2) is 4.98 Å². The molecule has 0 N–H and O–H groups in total.